The lowest BCUT2D eigenvalue weighted by atomic mass is 10.1. The summed E-state index contributed by atoms with van der Waals surface area (Å²) < 4.78 is 11.8. The smallest absolute Gasteiger partial charge is 0.161 e. The molecular formula is C21H25NO2S. The molecule has 4 heteroatoms. The monoisotopic (exact) mass is 355 g/mol. The Morgan fingerprint density at radius 1 is 1.00 bits per heavy atom. The van der Waals surface area contributed by atoms with Crippen molar-refractivity contribution in [1.82, 2.24) is 4.90 Å². The molecule has 0 aliphatic carbocycles. The molecule has 2 aromatic carbocycles. The molecule has 0 saturated carbocycles. The maximum absolute atomic E-state index is 5.99. The molecule has 0 radical (unpaired) electrons. The molecule has 1 aliphatic heterocycles. The van der Waals surface area contributed by atoms with E-state index >= 15 is 0 Å². The summed E-state index contributed by atoms with van der Waals surface area (Å²) in [7, 11) is 0. The molecule has 0 bridgehead atoms. The van der Waals surface area contributed by atoms with Crippen LogP contribution in [0.4, 0.5) is 0 Å². The molecular weight excluding hydrogens is 330 g/mol. The first-order chi connectivity index (χ1) is 12.2. The average Bonchev–Trinajstić information content (AvgIpc) is 3.16. The van der Waals surface area contributed by atoms with E-state index in [1.165, 1.54) is 18.4 Å². The van der Waals surface area contributed by atoms with Gasteiger partial charge in [-0.1, -0.05) is 42.0 Å². The number of nitrogens with zero attached hydrogens (tertiary/aromatic N) is 1. The molecule has 0 N–H and O–H groups in total. The number of likely N-dealkylation sites (tertiary alicyclic amines) is 1. The van der Waals surface area contributed by atoms with Gasteiger partial charge in [0, 0.05) is 18.7 Å². The quantitative estimate of drug-likeness (QED) is 0.698. The van der Waals surface area contributed by atoms with E-state index in [0.717, 1.165) is 40.7 Å². The number of thiocarbonyl (C=S) groups is 1. The molecule has 25 heavy (non-hydrogen) atoms. The summed E-state index contributed by atoms with van der Waals surface area (Å²) in [4.78, 5) is 3.18. The van der Waals surface area contributed by atoms with Crippen LogP contribution in [0.2, 0.25) is 0 Å². The molecule has 1 fully saturated rings. The molecule has 2 aromatic rings. The van der Waals surface area contributed by atoms with E-state index in [9.17, 15) is 0 Å². The lowest BCUT2D eigenvalue weighted by Gasteiger charge is -2.20. The summed E-state index contributed by atoms with van der Waals surface area (Å²) in [6.45, 7) is 7.29. The predicted octanol–water partition coefficient (Wildman–Crippen LogP) is 4.74. The zero-order valence-electron chi connectivity index (χ0n) is 15.0. The molecule has 3 rings (SSSR count). The fourth-order valence-corrected chi connectivity index (χ4v) is 3.29. The van der Waals surface area contributed by atoms with Crippen LogP contribution in [0.3, 0.4) is 0 Å². The molecule has 0 aromatic heterocycles. The highest BCUT2D eigenvalue weighted by atomic mass is 32.1. The third-order valence-corrected chi connectivity index (χ3v) is 4.89. The maximum Gasteiger partial charge on any atom is 0.161 e. The van der Waals surface area contributed by atoms with Crippen LogP contribution in [-0.2, 0) is 6.61 Å². The van der Waals surface area contributed by atoms with Crippen molar-refractivity contribution in [2.45, 2.75) is 33.3 Å². The van der Waals surface area contributed by atoms with Crippen molar-refractivity contribution in [3.05, 3.63) is 59.2 Å². The molecule has 1 heterocycles. The minimum absolute atomic E-state index is 0.524. The number of benzene rings is 2. The predicted molar refractivity (Wildman–Crippen MR) is 106 cm³/mol. The summed E-state index contributed by atoms with van der Waals surface area (Å²) in [6, 6.07) is 14.4. The Kier molecular flexibility index (Phi) is 5.92. The summed E-state index contributed by atoms with van der Waals surface area (Å²) in [5.74, 6) is 1.52. The Bertz CT molecular complexity index is 721. The SMILES string of the molecule is CCOc1cc(C(=S)N2CCCC2)ccc1OCc1ccc(C)cc1. The fraction of sp³-hybridized carbons (Fsp3) is 0.381. The normalized spacial score (nSPS) is 13.8. The lowest BCUT2D eigenvalue weighted by molar-refractivity contribution is 0.269. The van der Waals surface area contributed by atoms with Crippen molar-refractivity contribution in [3.63, 3.8) is 0 Å². The van der Waals surface area contributed by atoms with Crippen LogP contribution in [0.1, 0.15) is 36.5 Å². The van der Waals surface area contributed by atoms with Gasteiger partial charge < -0.3 is 14.4 Å². The van der Waals surface area contributed by atoms with Gasteiger partial charge >= 0.3 is 0 Å². The molecule has 0 atom stereocenters. The highest BCUT2D eigenvalue weighted by Gasteiger charge is 2.18. The van der Waals surface area contributed by atoms with E-state index in [1.54, 1.807) is 0 Å². The fourth-order valence-electron chi connectivity index (χ4n) is 2.98. The first-order valence-electron chi connectivity index (χ1n) is 8.92. The topological polar surface area (TPSA) is 21.7 Å². The Balaban J connectivity index is 1.74. The number of hydrogen-bond donors (Lipinski definition) is 0. The number of aryl methyl sites for hydroxylation is 1. The molecule has 0 unspecified atom stereocenters. The summed E-state index contributed by atoms with van der Waals surface area (Å²) in [5.41, 5.74) is 3.42. The second kappa shape index (κ2) is 8.34. The summed E-state index contributed by atoms with van der Waals surface area (Å²) >= 11 is 5.65. The van der Waals surface area contributed by atoms with Gasteiger partial charge in [-0.25, -0.2) is 0 Å². The van der Waals surface area contributed by atoms with E-state index in [1.807, 2.05) is 25.1 Å². The number of rotatable bonds is 6. The molecule has 1 saturated heterocycles. The van der Waals surface area contributed by atoms with E-state index in [0.29, 0.717) is 13.2 Å². The highest BCUT2D eigenvalue weighted by Crippen LogP contribution is 2.30. The Labute approximate surface area is 155 Å². The van der Waals surface area contributed by atoms with Gasteiger partial charge in [0.05, 0.1) is 6.61 Å². The molecule has 1 aliphatic rings. The Morgan fingerprint density at radius 3 is 2.40 bits per heavy atom. The van der Waals surface area contributed by atoms with Crippen LogP contribution >= 0.6 is 12.2 Å². The van der Waals surface area contributed by atoms with Gasteiger partial charge in [0.2, 0.25) is 0 Å². The number of ether oxygens (including phenoxy) is 2. The minimum atomic E-state index is 0.524. The first-order valence-corrected chi connectivity index (χ1v) is 9.32. The Morgan fingerprint density at radius 2 is 1.72 bits per heavy atom. The van der Waals surface area contributed by atoms with Crippen LogP contribution < -0.4 is 9.47 Å². The first kappa shape index (κ1) is 17.7. The van der Waals surface area contributed by atoms with E-state index in [4.69, 9.17) is 21.7 Å². The van der Waals surface area contributed by atoms with Gasteiger partial charge in [-0.3, -0.25) is 0 Å². The third kappa shape index (κ3) is 4.51. The van der Waals surface area contributed by atoms with Gasteiger partial charge in [-0.2, -0.15) is 0 Å². The molecule has 3 nitrogen and oxygen atoms in total. The van der Waals surface area contributed by atoms with Crippen LogP contribution in [0.25, 0.3) is 0 Å². The van der Waals surface area contributed by atoms with E-state index < -0.39 is 0 Å². The van der Waals surface area contributed by atoms with Crippen molar-refractivity contribution < 1.29 is 9.47 Å². The van der Waals surface area contributed by atoms with Gasteiger partial charge in [-0.15, -0.1) is 0 Å². The highest BCUT2D eigenvalue weighted by molar-refractivity contribution is 7.80. The lowest BCUT2D eigenvalue weighted by Crippen LogP contribution is -2.26. The van der Waals surface area contributed by atoms with Crippen molar-refractivity contribution in [3.8, 4) is 11.5 Å². The van der Waals surface area contributed by atoms with E-state index in [-0.39, 0.29) is 0 Å². The Hall–Kier alpha value is -2.07. The molecule has 0 amide bonds. The van der Waals surface area contributed by atoms with Crippen LogP contribution in [0, 0.1) is 6.92 Å². The van der Waals surface area contributed by atoms with Crippen LogP contribution in [0.15, 0.2) is 42.5 Å². The second-order valence-corrected chi connectivity index (χ2v) is 6.75. The van der Waals surface area contributed by atoms with Crippen molar-refractivity contribution >= 4 is 17.2 Å². The second-order valence-electron chi connectivity index (χ2n) is 6.37. The standard InChI is InChI=1S/C21H25NO2S/c1-3-23-20-14-18(21(25)22-12-4-5-13-22)10-11-19(20)24-15-17-8-6-16(2)7-9-17/h6-11,14H,3-5,12-13,15H2,1-2H3. The minimum Gasteiger partial charge on any atom is -0.490 e. The zero-order valence-corrected chi connectivity index (χ0v) is 15.8. The van der Waals surface area contributed by atoms with Gasteiger partial charge in [0.25, 0.3) is 0 Å². The summed E-state index contributed by atoms with van der Waals surface area (Å²) in [5, 5.41) is 0. The number of hydrogen-bond acceptors (Lipinski definition) is 3. The largest absolute Gasteiger partial charge is 0.490 e. The van der Waals surface area contributed by atoms with Crippen LogP contribution in [0.5, 0.6) is 11.5 Å². The summed E-state index contributed by atoms with van der Waals surface area (Å²) in [6.07, 6.45) is 2.44. The van der Waals surface area contributed by atoms with Crippen molar-refractivity contribution in [2.24, 2.45) is 0 Å². The van der Waals surface area contributed by atoms with Gasteiger partial charge in [0.1, 0.15) is 11.6 Å². The van der Waals surface area contributed by atoms with Crippen molar-refractivity contribution in [1.29, 1.82) is 0 Å². The van der Waals surface area contributed by atoms with Gasteiger partial charge in [0.15, 0.2) is 11.5 Å². The molecule has 0 spiro atoms. The molecule has 132 valence electrons. The average molecular weight is 356 g/mol. The van der Waals surface area contributed by atoms with Crippen molar-refractivity contribution in [2.75, 3.05) is 19.7 Å². The van der Waals surface area contributed by atoms with Crippen LogP contribution in [-0.4, -0.2) is 29.6 Å². The third-order valence-electron chi connectivity index (χ3n) is 4.40. The zero-order chi connectivity index (χ0) is 17.6. The van der Waals surface area contributed by atoms with Gasteiger partial charge in [-0.05, 0) is 50.5 Å². The maximum atomic E-state index is 5.99. The van der Waals surface area contributed by atoms with E-state index in [2.05, 4.69) is 36.1 Å².